The lowest BCUT2D eigenvalue weighted by Crippen LogP contribution is -2.48. The van der Waals surface area contributed by atoms with Crippen molar-refractivity contribution in [2.24, 2.45) is 10.9 Å². The highest BCUT2D eigenvalue weighted by atomic mass is 16.4. The van der Waals surface area contributed by atoms with E-state index in [1.165, 1.54) is 18.9 Å². The van der Waals surface area contributed by atoms with Crippen LogP contribution in [0.25, 0.3) is 0 Å². The van der Waals surface area contributed by atoms with Gasteiger partial charge in [-0.3, -0.25) is 9.79 Å². The summed E-state index contributed by atoms with van der Waals surface area (Å²) in [6.07, 6.45) is 5.43. The van der Waals surface area contributed by atoms with Crippen molar-refractivity contribution < 1.29 is 14.7 Å². The van der Waals surface area contributed by atoms with Crippen LogP contribution in [0.15, 0.2) is 23.2 Å². The smallest absolute Gasteiger partial charge is 0.335 e. The Balaban J connectivity index is 0.00000225. The van der Waals surface area contributed by atoms with Crippen molar-refractivity contribution >= 4 is 29.2 Å². The Labute approximate surface area is 149 Å². The van der Waals surface area contributed by atoms with Gasteiger partial charge in [-0.15, -0.1) is 0 Å². The fourth-order valence-corrected chi connectivity index (χ4v) is 3.36. The highest BCUT2D eigenvalue weighted by molar-refractivity contribution is 6.29. The quantitative estimate of drug-likeness (QED) is 0.797. The molecule has 0 aliphatic carbocycles. The summed E-state index contributed by atoms with van der Waals surface area (Å²) < 4.78 is 0. The minimum atomic E-state index is -0.974. The van der Waals surface area contributed by atoms with Crippen LogP contribution in [0, 0.1) is 5.92 Å². The monoisotopic (exact) mass is 345 g/mol. The van der Waals surface area contributed by atoms with Gasteiger partial charge >= 0.3 is 5.97 Å². The summed E-state index contributed by atoms with van der Waals surface area (Å²) in [5, 5.41) is 9.17. The number of anilines is 2. The Kier molecular flexibility index (Phi) is 5.82. The molecule has 1 aromatic carbocycles. The molecule has 0 saturated carbocycles. The number of amides is 1. The molecule has 2 heterocycles. The van der Waals surface area contributed by atoms with Gasteiger partial charge < -0.3 is 10.0 Å². The largest absolute Gasteiger partial charge is 0.478 e. The van der Waals surface area contributed by atoms with E-state index in [0.717, 1.165) is 24.9 Å². The molecule has 1 amide bonds. The van der Waals surface area contributed by atoms with E-state index in [1.54, 1.807) is 21.9 Å². The maximum absolute atomic E-state index is 12.9. The van der Waals surface area contributed by atoms with Crippen LogP contribution in [0.5, 0.6) is 0 Å². The lowest BCUT2D eigenvalue weighted by Gasteiger charge is -2.28. The van der Waals surface area contributed by atoms with Gasteiger partial charge in [-0.25, -0.2) is 9.69 Å². The van der Waals surface area contributed by atoms with Crippen molar-refractivity contribution in [1.82, 2.24) is 0 Å². The zero-order chi connectivity index (χ0) is 17.3. The van der Waals surface area contributed by atoms with Crippen LogP contribution < -0.4 is 9.80 Å². The van der Waals surface area contributed by atoms with Gasteiger partial charge in [0.2, 0.25) is 11.9 Å². The van der Waals surface area contributed by atoms with Gasteiger partial charge in [-0.05, 0) is 24.6 Å². The molecule has 0 aromatic heterocycles. The predicted molar refractivity (Wildman–Crippen MR) is 101 cm³/mol. The molecule has 6 nitrogen and oxygen atoms in total. The van der Waals surface area contributed by atoms with Crippen LogP contribution in [0.3, 0.4) is 0 Å². The highest BCUT2D eigenvalue weighted by Crippen LogP contribution is 2.40. The average Bonchev–Trinajstić information content (AvgIpc) is 2.86. The fourth-order valence-electron chi connectivity index (χ4n) is 3.36. The average molecular weight is 345 g/mol. The second kappa shape index (κ2) is 7.68. The maximum Gasteiger partial charge on any atom is 0.335 e. The van der Waals surface area contributed by atoms with Crippen molar-refractivity contribution in [2.75, 3.05) is 23.4 Å². The molecular formula is C19H27N3O3. The zero-order valence-corrected chi connectivity index (χ0v) is 14.2. The van der Waals surface area contributed by atoms with Crippen molar-refractivity contribution in [3.05, 3.63) is 23.8 Å². The van der Waals surface area contributed by atoms with Crippen molar-refractivity contribution in [2.45, 2.75) is 46.5 Å². The molecular weight excluding hydrogens is 318 g/mol. The number of carboxylic acids is 1. The number of hydrogen-bond donors (Lipinski definition) is 1. The van der Waals surface area contributed by atoms with E-state index in [4.69, 9.17) is 5.11 Å². The molecule has 0 saturated heterocycles. The van der Waals surface area contributed by atoms with Gasteiger partial charge in [-0.2, -0.15) is 0 Å². The third kappa shape index (κ3) is 3.38. The number of rotatable bonds is 6. The van der Waals surface area contributed by atoms with Crippen LogP contribution in [0.1, 0.15) is 56.8 Å². The van der Waals surface area contributed by atoms with Crippen LogP contribution in [-0.4, -0.2) is 36.5 Å². The van der Waals surface area contributed by atoms with Crippen molar-refractivity contribution in [3.8, 4) is 0 Å². The number of carboxylic acid groups (broad SMARTS) is 1. The summed E-state index contributed by atoms with van der Waals surface area (Å²) in [5.41, 5.74) is 1.66. The van der Waals surface area contributed by atoms with E-state index in [1.807, 2.05) is 7.05 Å². The summed E-state index contributed by atoms with van der Waals surface area (Å²) in [6.45, 7) is 2.69. The molecule has 25 heavy (non-hydrogen) atoms. The van der Waals surface area contributed by atoms with E-state index >= 15 is 0 Å². The number of hydrogen-bond acceptors (Lipinski definition) is 4. The Morgan fingerprint density at radius 1 is 1.28 bits per heavy atom. The van der Waals surface area contributed by atoms with Crippen LogP contribution in [-0.2, 0) is 4.79 Å². The molecule has 1 unspecified atom stereocenters. The minimum Gasteiger partial charge on any atom is -0.478 e. The number of guanidine groups is 1. The molecule has 0 bridgehead atoms. The second-order valence-corrected chi connectivity index (χ2v) is 6.43. The first kappa shape index (κ1) is 19.0. The predicted octanol–water partition coefficient (Wildman–Crippen LogP) is 3.76. The molecule has 1 atom stereocenters. The highest BCUT2D eigenvalue weighted by Gasteiger charge is 2.41. The van der Waals surface area contributed by atoms with Gasteiger partial charge in [0.05, 0.1) is 29.4 Å². The number of carbonyl (C=O) groups excluding carboxylic acids is 1. The van der Waals surface area contributed by atoms with Gasteiger partial charge in [0, 0.05) is 7.05 Å². The van der Waals surface area contributed by atoms with Gasteiger partial charge in [-0.1, -0.05) is 40.0 Å². The van der Waals surface area contributed by atoms with Crippen LogP contribution in [0.4, 0.5) is 11.4 Å². The van der Waals surface area contributed by atoms with Gasteiger partial charge in [0.1, 0.15) is 0 Å². The number of aromatic carboxylic acids is 1. The molecule has 0 fully saturated rings. The van der Waals surface area contributed by atoms with Gasteiger partial charge in [0.15, 0.2) is 0 Å². The summed E-state index contributed by atoms with van der Waals surface area (Å²) in [7, 11) is 1.82. The van der Waals surface area contributed by atoms with Crippen molar-refractivity contribution in [1.29, 1.82) is 0 Å². The third-order valence-corrected chi connectivity index (χ3v) is 4.75. The SMILES string of the molecule is C.CCCCCCC1CN=C2N(C)c3cc(C(=O)O)ccc3N2C1=O. The van der Waals surface area contributed by atoms with E-state index in [-0.39, 0.29) is 24.8 Å². The Morgan fingerprint density at radius 3 is 2.72 bits per heavy atom. The molecule has 0 spiro atoms. The molecule has 2 aliphatic heterocycles. The summed E-state index contributed by atoms with van der Waals surface area (Å²) in [5.74, 6) is -0.380. The van der Waals surface area contributed by atoms with E-state index in [0.29, 0.717) is 18.2 Å². The standard InChI is InChI=1S/C18H23N3O3.CH4/c1-3-4-5-6-7-13-11-19-18-20(2)15-10-12(17(23)24)8-9-14(15)21(18)16(13)22;/h8-10,13H,3-7,11H2,1-2H3,(H,23,24);1H4. The van der Waals surface area contributed by atoms with Crippen molar-refractivity contribution in [3.63, 3.8) is 0 Å². The summed E-state index contributed by atoms with van der Waals surface area (Å²) >= 11 is 0. The third-order valence-electron chi connectivity index (χ3n) is 4.75. The molecule has 136 valence electrons. The molecule has 3 rings (SSSR count). The number of carbonyl (C=O) groups is 2. The summed E-state index contributed by atoms with van der Waals surface area (Å²) in [4.78, 5) is 32.1. The van der Waals surface area contributed by atoms with E-state index in [2.05, 4.69) is 11.9 Å². The fraction of sp³-hybridized carbons (Fsp3) is 0.526. The first-order valence-electron chi connectivity index (χ1n) is 8.54. The number of unbranched alkanes of at least 4 members (excludes halogenated alkanes) is 3. The Morgan fingerprint density at radius 2 is 2.04 bits per heavy atom. The molecule has 0 radical (unpaired) electrons. The zero-order valence-electron chi connectivity index (χ0n) is 14.2. The Hall–Kier alpha value is -2.37. The molecule has 2 aliphatic rings. The Bertz CT molecular complexity index is 699. The first-order valence-corrected chi connectivity index (χ1v) is 8.54. The lowest BCUT2D eigenvalue weighted by atomic mass is 9.98. The second-order valence-electron chi connectivity index (χ2n) is 6.43. The molecule has 1 N–H and O–H groups in total. The van der Waals surface area contributed by atoms with E-state index in [9.17, 15) is 9.59 Å². The lowest BCUT2D eigenvalue weighted by molar-refractivity contribution is -0.121. The van der Waals surface area contributed by atoms with Crippen LogP contribution in [0.2, 0.25) is 0 Å². The number of aliphatic imine (C=N–C) groups is 1. The van der Waals surface area contributed by atoms with E-state index < -0.39 is 5.97 Å². The van der Waals surface area contributed by atoms with Crippen LogP contribution >= 0.6 is 0 Å². The van der Waals surface area contributed by atoms with Gasteiger partial charge in [0.25, 0.3) is 0 Å². The topological polar surface area (TPSA) is 73.2 Å². The molecule has 1 aromatic rings. The molecule has 6 heteroatoms. The normalized spacial score (nSPS) is 18.4. The number of nitrogens with zero attached hydrogens (tertiary/aromatic N) is 3. The minimum absolute atomic E-state index is 0. The maximum atomic E-state index is 12.9. The number of benzene rings is 1. The summed E-state index contributed by atoms with van der Waals surface area (Å²) in [6, 6.07) is 4.84. The first-order chi connectivity index (χ1) is 11.5. The number of fused-ring (bicyclic) bond motifs is 3.